The quantitative estimate of drug-likeness (QED) is 0.298. The summed E-state index contributed by atoms with van der Waals surface area (Å²) in [4.78, 5) is 23.1. The second-order valence-electron chi connectivity index (χ2n) is 6.58. The molecule has 0 rings (SSSR count). The molecule has 0 saturated heterocycles. The molecule has 0 fully saturated rings. The van der Waals surface area contributed by atoms with E-state index in [2.05, 4.69) is 40.4 Å². The van der Waals surface area contributed by atoms with Crippen molar-refractivity contribution >= 4 is 20.1 Å². The molecule has 0 aliphatic heterocycles. The Hall–Kier alpha value is -0.943. The third-order valence-corrected chi connectivity index (χ3v) is 8.12. The zero-order chi connectivity index (χ0) is 16.0. The van der Waals surface area contributed by atoms with Gasteiger partial charge in [-0.05, 0) is 25.1 Å². The topological polar surface area (TPSA) is 52.6 Å². The molecular weight excluding hydrogens is 272 g/mol. The number of carbonyl (C=O) groups is 2. The van der Waals surface area contributed by atoms with Crippen molar-refractivity contribution in [3.63, 3.8) is 0 Å². The molecule has 0 aromatic carbocycles. The van der Waals surface area contributed by atoms with Gasteiger partial charge < -0.3 is 9.16 Å². The molecule has 116 valence electrons. The summed E-state index contributed by atoms with van der Waals surface area (Å²) in [5.74, 6) is -0.653. The molecule has 0 saturated carbocycles. The maximum absolute atomic E-state index is 11.8. The first-order chi connectivity index (χ1) is 8.99. The first-order valence-corrected chi connectivity index (χ1v) is 9.86. The highest BCUT2D eigenvalue weighted by molar-refractivity contribution is 6.74. The van der Waals surface area contributed by atoms with E-state index in [-0.39, 0.29) is 36.4 Å². The van der Waals surface area contributed by atoms with Crippen molar-refractivity contribution < 1.29 is 18.8 Å². The standard InChI is InChI=1S/C15H28O4Si/c1-8-9-18-14(17)11-13(16)10-12(2)19-20(6,7)15(3,4)5/h8,12H,1,9-11H2,2-7H3/t12-/m0/s1. The average molecular weight is 300 g/mol. The lowest BCUT2D eigenvalue weighted by Gasteiger charge is -2.38. The molecule has 0 N–H and O–H groups in total. The molecule has 0 bridgehead atoms. The van der Waals surface area contributed by atoms with E-state index in [9.17, 15) is 9.59 Å². The summed E-state index contributed by atoms with van der Waals surface area (Å²) in [5, 5.41) is 0.104. The summed E-state index contributed by atoms with van der Waals surface area (Å²) >= 11 is 0. The minimum Gasteiger partial charge on any atom is -0.461 e. The van der Waals surface area contributed by atoms with Crippen molar-refractivity contribution in [1.29, 1.82) is 0 Å². The van der Waals surface area contributed by atoms with Gasteiger partial charge in [-0.15, -0.1) is 0 Å². The lowest BCUT2D eigenvalue weighted by atomic mass is 10.1. The number of esters is 1. The molecule has 4 nitrogen and oxygen atoms in total. The van der Waals surface area contributed by atoms with Crippen molar-refractivity contribution in [2.45, 2.75) is 64.8 Å². The molecule has 0 unspecified atom stereocenters. The maximum Gasteiger partial charge on any atom is 0.313 e. The molecule has 0 amide bonds. The Bertz CT molecular complexity index is 355. The molecule has 0 aliphatic carbocycles. The van der Waals surface area contributed by atoms with Gasteiger partial charge in [0.15, 0.2) is 8.32 Å². The maximum atomic E-state index is 11.8. The fraction of sp³-hybridized carbons (Fsp3) is 0.733. The highest BCUT2D eigenvalue weighted by Crippen LogP contribution is 2.37. The van der Waals surface area contributed by atoms with Crippen LogP contribution in [0.1, 0.15) is 40.5 Å². The predicted octanol–water partition coefficient (Wildman–Crippen LogP) is 3.48. The van der Waals surface area contributed by atoms with Crippen LogP contribution in [-0.4, -0.2) is 32.8 Å². The van der Waals surface area contributed by atoms with Crippen LogP contribution in [0.2, 0.25) is 18.1 Å². The van der Waals surface area contributed by atoms with Gasteiger partial charge in [0.25, 0.3) is 0 Å². The van der Waals surface area contributed by atoms with Crippen molar-refractivity contribution in [2.75, 3.05) is 6.61 Å². The van der Waals surface area contributed by atoms with Crippen LogP contribution < -0.4 is 0 Å². The van der Waals surface area contributed by atoms with Gasteiger partial charge in [0, 0.05) is 12.5 Å². The minimum absolute atomic E-state index is 0.104. The molecule has 0 spiro atoms. The zero-order valence-electron chi connectivity index (χ0n) is 13.6. The Labute approximate surface area is 123 Å². The SMILES string of the molecule is C=CCOC(=O)CC(=O)C[C@H](C)O[Si](C)(C)C(C)(C)C. The Morgan fingerprint density at radius 1 is 1.30 bits per heavy atom. The van der Waals surface area contributed by atoms with Crippen LogP contribution in [0.15, 0.2) is 12.7 Å². The van der Waals surface area contributed by atoms with Crippen LogP contribution >= 0.6 is 0 Å². The number of hydrogen-bond acceptors (Lipinski definition) is 4. The van der Waals surface area contributed by atoms with Gasteiger partial charge in [-0.3, -0.25) is 9.59 Å². The first kappa shape index (κ1) is 19.1. The molecule has 0 aromatic heterocycles. The van der Waals surface area contributed by atoms with Crippen LogP contribution in [0.4, 0.5) is 0 Å². The molecule has 5 heteroatoms. The first-order valence-electron chi connectivity index (χ1n) is 6.95. The second kappa shape index (κ2) is 7.74. The third-order valence-electron chi connectivity index (χ3n) is 3.52. The monoisotopic (exact) mass is 300 g/mol. The van der Waals surface area contributed by atoms with E-state index in [1.54, 1.807) is 0 Å². The summed E-state index contributed by atoms with van der Waals surface area (Å²) in [6.07, 6.45) is 1.36. The van der Waals surface area contributed by atoms with Gasteiger partial charge in [-0.25, -0.2) is 0 Å². The van der Waals surface area contributed by atoms with E-state index in [1.807, 2.05) is 6.92 Å². The van der Waals surface area contributed by atoms with Crippen molar-refractivity contribution in [2.24, 2.45) is 0 Å². The lowest BCUT2D eigenvalue weighted by Crippen LogP contribution is -2.43. The van der Waals surface area contributed by atoms with Crippen LogP contribution in [0.5, 0.6) is 0 Å². The van der Waals surface area contributed by atoms with E-state index >= 15 is 0 Å². The van der Waals surface area contributed by atoms with Gasteiger partial charge in [-0.2, -0.15) is 0 Å². The molecule has 0 heterocycles. The van der Waals surface area contributed by atoms with E-state index in [0.717, 1.165) is 0 Å². The number of rotatable bonds is 8. The number of ketones is 1. The largest absolute Gasteiger partial charge is 0.461 e. The zero-order valence-corrected chi connectivity index (χ0v) is 14.6. The summed E-state index contributed by atoms with van der Waals surface area (Å²) in [6, 6.07) is 0. The fourth-order valence-electron chi connectivity index (χ4n) is 1.48. The second-order valence-corrected chi connectivity index (χ2v) is 11.3. The molecular formula is C15H28O4Si. The number of Topliss-reactive ketones (excluding diaryl/α,β-unsaturated/α-hetero) is 1. The highest BCUT2D eigenvalue weighted by atomic mass is 28.4. The summed E-state index contributed by atoms with van der Waals surface area (Å²) in [5.41, 5.74) is 0. The highest BCUT2D eigenvalue weighted by Gasteiger charge is 2.38. The van der Waals surface area contributed by atoms with Gasteiger partial charge >= 0.3 is 5.97 Å². The third kappa shape index (κ3) is 7.00. The Morgan fingerprint density at radius 2 is 1.85 bits per heavy atom. The molecule has 0 radical (unpaired) electrons. The number of carbonyl (C=O) groups excluding carboxylic acids is 2. The Balaban J connectivity index is 4.27. The molecule has 0 aliphatic rings. The van der Waals surface area contributed by atoms with E-state index in [4.69, 9.17) is 9.16 Å². The van der Waals surface area contributed by atoms with E-state index in [0.29, 0.717) is 0 Å². The number of ether oxygens (including phenoxy) is 1. The smallest absolute Gasteiger partial charge is 0.313 e. The van der Waals surface area contributed by atoms with Gasteiger partial charge in [0.1, 0.15) is 18.8 Å². The molecule has 0 aromatic rings. The minimum atomic E-state index is -1.88. The van der Waals surface area contributed by atoms with Crippen molar-refractivity contribution in [1.82, 2.24) is 0 Å². The Morgan fingerprint density at radius 3 is 2.30 bits per heavy atom. The normalized spacial score (nSPS) is 13.7. The van der Waals surface area contributed by atoms with Crippen molar-refractivity contribution in [3.8, 4) is 0 Å². The van der Waals surface area contributed by atoms with Crippen LogP contribution in [-0.2, 0) is 18.8 Å². The summed E-state index contributed by atoms with van der Waals surface area (Å²) in [7, 11) is -1.88. The number of hydrogen-bond donors (Lipinski definition) is 0. The average Bonchev–Trinajstić information content (AvgIpc) is 2.23. The lowest BCUT2D eigenvalue weighted by molar-refractivity contribution is -0.145. The Kier molecular flexibility index (Phi) is 7.37. The predicted molar refractivity (Wildman–Crippen MR) is 83.1 cm³/mol. The molecule has 1 atom stereocenters. The van der Waals surface area contributed by atoms with Crippen LogP contribution in [0.25, 0.3) is 0 Å². The van der Waals surface area contributed by atoms with E-state index < -0.39 is 14.3 Å². The van der Waals surface area contributed by atoms with Gasteiger partial charge in [0.2, 0.25) is 0 Å². The summed E-state index contributed by atoms with van der Waals surface area (Å²) < 4.78 is 10.9. The van der Waals surface area contributed by atoms with Gasteiger partial charge in [0.05, 0.1) is 0 Å². The van der Waals surface area contributed by atoms with Crippen molar-refractivity contribution in [3.05, 3.63) is 12.7 Å². The van der Waals surface area contributed by atoms with Crippen LogP contribution in [0, 0.1) is 0 Å². The summed E-state index contributed by atoms with van der Waals surface area (Å²) in [6.45, 7) is 16.2. The molecule has 20 heavy (non-hydrogen) atoms. The van der Waals surface area contributed by atoms with Gasteiger partial charge in [-0.1, -0.05) is 33.4 Å². The van der Waals surface area contributed by atoms with Crippen LogP contribution in [0.3, 0.4) is 0 Å². The fourth-order valence-corrected chi connectivity index (χ4v) is 2.92. The van der Waals surface area contributed by atoms with E-state index in [1.165, 1.54) is 6.08 Å².